The standard InChI is InChI=1S/C11H10S2/c12-7-11(13)10-5-8-3-1-2-4-9(8)6-10/h1-5,7,12-13H,6H2/b11-7-. The Morgan fingerprint density at radius 2 is 2.08 bits per heavy atom. The monoisotopic (exact) mass is 206 g/mol. The second-order valence-electron chi connectivity index (χ2n) is 3.06. The van der Waals surface area contributed by atoms with Gasteiger partial charge in [-0.05, 0) is 28.5 Å². The van der Waals surface area contributed by atoms with E-state index in [2.05, 4.69) is 55.6 Å². The molecule has 0 N–H and O–H groups in total. The molecule has 13 heavy (non-hydrogen) atoms. The third-order valence-electron chi connectivity index (χ3n) is 2.22. The molecule has 0 radical (unpaired) electrons. The van der Waals surface area contributed by atoms with Gasteiger partial charge in [-0.1, -0.05) is 30.3 Å². The van der Waals surface area contributed by atoms with Gasteiger partial charge in [0, 0.05) is 4.91 Å². The molecule has 0 bridgehead atoms. The van der Waals surface area contributed by atoms with Crippen molar-refractivity contribution >= 4 is 31.3 Å². The van der Waals surface area contributed by atoms with E-state index in [0.29, 0.717) is 0 Å². The molecule has 1 aliphatic carbocycles. The molecule has 1 aromatic carbocycles. The van der Waals surface area contributed by atoms with Crippen LogP contribution in [0.3, 0.4) is 0 Å². The van der Waals surface area contributed by atoms with Gasteiger partial charge in [-0.15, -0.1) is 12.6 Å². The van der Waals surface area contributed by atoms with Crippen LogP contribution in [0.2, 0.25) is 0 Å². The minimum absolute atomic E-state index is 0.958. The zero-order valence-corrected chi connectivity index (χ0v) is 8.85. The summed E-state index contributed by atoms with van der Waals surface area (Å²) < 4.78 is 0. The molecule has 0 unspecified atom stereocenters. The second kappa shape index (κ2) is 3.64. The van der Waals surface area contributed by atoms with Crippen molar-refractivity contribution in [2.45, 2.75) is 6.42 Å². The summed E-state index contributed by atoms with van der Waals surface area (Å²) in [6.45, 7) is 0. The summed E-state index contributed by atoms with van der Waals surface area (Å²) in [4.78, 5) is 0.958. The fourth-order valence-corrected chi connectivity index (χ4v) is 1.84. The third-order valence-corrected chi connectivity index (χ3v) is 3.10. The number of thiol groups is 2. The summed E-state index contributed by atoms with van der Waals surface area (Å²) in [6.07, 6.45) is 3.15. The molecule has 2 rings (SSSR count). The molecule has 0 fully saturated rings. The Morgan fingerprint density at radius 3 is 2.77 bits per heavy atom. The molecular weight excluding hydrogens is 196 g/mol. The van der Waals surface area contributed by atoms with Gasteiger partial charge in [0.05, 0.1) is 0 Å². The van der Waals surface area contributed by atoms with E-state index in [1.54, 1.807) is 5.41 Å². The van der Waals surface area contributed by atoms with E-state index in [1.165, 1.54) is 16.7 Å². The first-order valence-corrected chi connectivity index (χ1v) is 5.10. The molecule has 0 spiro atoms. The fraction of sp³-hybridized carbons (Fsp3) is 0.0909. The molecule has 66 valence electrons. The number of hydrogen-bond acceptors (Lipinski definition) is 2. The van der Waals surface area contributed by atoms with E-state index in [-0.39, 0.29) is 0 Å². The van der Waals surface area contributed by atoms with Crippen molar-refractivity contribution in [1.29, 1.82) is 0 Å². The van der Waals surface area contributed by atoms with Crippen molar-refractivity contribution in [3.63, 3.8) is 0 Å². The third kappa shape index (κ3) is 1.69. The van der Waals surface area contributed by atoms with Crippen molar-refractivity contribution in [3.05, 3.63) is 51.3 Å². The van der Waals surface area contributed by atoms with E-state index >= 15 is 0 Å². The van der Waals surface area contributed by atoms with Gasteiger partial charge < -0.3 is 0 Å². The number of benzene rings is 1. The van der Waals surface area contributed by atoms with Crippen LogP contribution in [0.15, 0.2) is 40.2 Å². The average Bonchev–Trinajstić information content (AvgIpc) is 2.59. The minimum atomic E-state index is 0.958. The van der Waals surface area contributed by atoms with E-state index in [4.69, 9.17) is 0 Å². The van der Waals surface area contributed by atoms with E-state index in [9.17, 15) is 0 Å². The molecule has 1 aliphatic rings. The quantitative estimate of drug-likeness (QED) is 0.647. The Labute approximate surface area is 89.2 Å². The first-order valence-electron chi connectivity index (χ1n) is 4.13. The highest BCUT2D eigenvalue weighted by molar-refractivity contribution is 7.88. The fourth-order valence-electron chi connectivity index (χ4n) is 1.53. The Morgan fingerprint density at radius 1 is 1.31 bits per heavy atom. The van der Waals surface area contributed by atoms with Gasteiger partial charge in [0.25, 0.3) is 0 Å². The van der Waals surface area contributed by atoms with Crippen LogP contribution in [0.1, 0.15) is 11.1 Å². The smallest absolute Gasteiger partial charge is 0.0136 e. The van der Waals surface area contributed by atoms with Crippen molar-refractivity contribution in [2.75, 3.05) is 0 Å². The van der Waals surface area contributed by atoms with Gasteiger partial charge in [-0.25, -0.2) is 0 Å². The van der Waals surface area contributed by atoms with Crippen molar-refractivity contribution < 1.29 is 0 Å². The number of allylic oxidation sites excluding steroid dienone is 1. The zero-order chi connectivity index (χ0) is 9.26. The molecule has 0 amide bonds. The second-order valence-corrected chi connectivity index (χ2v) is 3.80. The van der Waals surface area contributed by atoms with Crippen molar-refractivity contribution in [3.8, 4) is 0 Å². The van der Waals surface area contributed by atoms with Gasteiger partial charge in [0.15, 0.2) is 0 Å². The van der Waals surface area contributed by atoms with Crippen LogP contribution in [0.4, 0.5) is 0 Å². The highest BCUT2D eigenvalue weighted by Crippen LogP contribution is 2.30. The van der Waals surface area contributed by atoms with Gasteiger partial charge in [-0.3, -0.25) is 0 Å². The Balaban J connectivity index is 2.36. The van der Waals surface area contributed by atoms with Crippen molar-refractivity contribution in [2.24, 2.45) is 0 Å². The highest BCUT2D eigenvalue weighted by Gasteiger charge is 2.12. The summed E-state index contributed by atoms with van der Waals surface area (Å²) in [5.74, 6) is 0. The van der Waals surface area contributed by atoms with Crippen LogP contribution < -0.4 is 0 Å². The van der Waals surface area contributed by atoms with Crippen LogP contribution in [0, 0.1) is 0 Å². The largest absolute Gasteiger partial charge is 0.150 e. The molecule has 0 aliphatic heterocycles. The summed E-state index contributed by atoms with van der Waals surface area (Å²) in [6, 6.07) is 8.40. The average molecular weight is 206 g/mol. The first-order chi connectivity index (χ1) is 6.31. The lowest BCUT2D eigenvalue weighted by atomic mass is 10.1. The SMILES string of the molecule is S/C=C(\S)C1=Cc2ccccc2C1. The predicted octanol–water partition coefficient (Wildman–Crippen LogP) is 3.33. The van der Waals surface area contributed by atoms with Crippen LogP contribution >= 0.6 is 25.3 Å². The number of hydrogen-bond donors (Lipinski definition) is 2. The maximum Gasteiger partial charge on any atom is 0.0136 e. The normalized spacial score (nSPS) is 15.5. The predicted molar refractivity (Wildman–Crippen MR) is 64.2 cm³/mol. The topological polar surface area (TPSA) is 0 Å². The highest BCUT2D eigenvalue weighted by atomic mass is 32.1. The Bertz CT molecular complexity index is 389. The molecule has 1 aromatic rings. The Hall–Kier alpha value is -0.600. The molecule has 0 nitrogen and oxygen atoms in total. The van der Waals surface area contributed by atoms with Gasteiger partial charge >= 0.3 is 0 Å². The molecule has 0 saturated carbocycles. The minimum Gasteiger partial charge on any atom is -0.150 e. The molecule has 0 atom stereocenters. The summed E-state index contributed by atoms with van der Waals surface area (Å²) in [5, 5.41) is 1.74. The van der Waals surface area contributed by atoms with Crippen LogP contribution in [0.25, 0.3) is 6.08 Å². The van der Waals surface area contributed by atoms with E-state index < -0.39 is 0 Å². The van der Waals surface area contributed by atoms with Crippen molar-refractivity contribution in [1.82, 2.24) is 0 Å². The van der Waals surface area contributed by atoms with Gasteiger partial charge in [-0.2, -0.15) is 12.6 Å². The van der Waals surface area contributed by atoms with Gasteiger partial charge in [0.1, 0.15) is 0 Å². The van der Waals surface area contributed by atoms with E-state index in [1.807, 2.05) is 0 Å². The maximum atomic E-state index is 4.35. The summed E-state index contributed by atoms with van der Waals surface area (Å²) in [7, 11) is 0. The lowest BCUT2D eigenvalue weighted by Crippen LogP contribution is -1.83. The molecule has 0 heterocycles. The molecule has 0 aromatic heterocycles. The lowest BCUT2D eigenvalue weighted by Gasteiger charge is -1.98. The first kappa shape index (κ1) is 8.97. The van der Waals surface area contributed by atoms with Crippen LogP contribution in [0.5, 0.6) is 0 Å². The lowest BCUT2D eigenvalue weighted by molar-refractivity contribution is 1.24. The molecule has 0 saturated heterocycles. The van der Waals surface area contributed by atoms with Crippen LogP contribution in [-0.2, 0) is 6.42 Å². The number of fused-ring (bicyclic) bond motifs is 1. The maximum absolute atomic E-state index is 4.35. The Kier molecular flexibility index (Phi) is 2.51. The van der Waals surface area contributed by atoms with E-state index in [0.717, 1.165) is 11.3 Å². The molecular formula is C11H10S2. The van der Waals surface area contributed by atoms with Crippen LogP contribution in [-0.4, -0.2) is 0 Å². The summed E-state index contributed by atoms with van der Waals surface area (Å²) >= 11 is 8.44. The summed E-state index contributed by atoms with van der Waals surface area (Å²) in [5.41, 5.74) is 3.93. The number of rotatable bonds is 1. The zero-order valence-electron chi connectivity index (χ0n) is 7.07. The molecule has 2 heteroatoms. The van der Waals surface area contributed by atoms with Gasteiger partial charge in [0.2, 0.25) is 0 Å².